The highest BCUT2D eigenvalue weighted by molar-refractivity contribution is 5.91. The lowest BCUT2D eigenvalue weighted by Gasteiger charge is -2.11. The van der Waals surface area contributed by atoms with Crippen molar-refractivity contribution in [3.05, 3.63) is 71.8 Å². The number of pyridine rings is 1. The van der Waals surface area contributed by atoms with Crippen molar-refractivity contribution in [2.75, 3.05) is 13.7 Å². The Morgan fingerprint density at radius 3 is 2.64 bits per heavy atom. The minimum atomic E-state index is -0.298. The van der Waals surface area contributed by atoms with Crippen LogP contribution in [0.4, 0.5) is 0 Å². The Morgan fingerprint density at radius 2 is 1.93 bits per heavy atom. The molecular weight excluding hydrogens is 360 g/mol. The number of furan rings is 1. The Kier molecular flexibility index (Phi) is 6.64. The van der Waals surface area contributed by atoms with Gasteiger partial charge in [0.1, 0.15) is 12.4 Å². The van der Waals surface area contributed by atoms with E-state index in [1.807, 2.05) is 37.3 Å². The molecule has 0 saturated heterocycles. The zero-order valence-electron chi connectivity index (χ0n) is 15.8. The molecule has 1 N–H and O–H groups in total. The van der Waals surface area contributed by atoms with Gasteiger partial charge in [-0.05, 0) is 36.8 Å². The van der Waals surface area contributed by atoms with E-state index < -0.39 is 0 Å². The predicted molar refractivity (Wildman–Crippen MR) is 103 cm³/mol. The van der Waals surface area contributed by atoms with Crippen molar-refractivity contribution in [3.63, 3.8) is 0 Å². The van der Waals surface area contributed by atoms with Gasteiger partial charge >= 0.3 is 0 Å². The van der Waals surface area contributed by atoms with Gasteiger partial charge in [-0.15, -0.1) is 0 Å². The fourth-order valence-corrected chi connectivity index (χ4v) is 2.49. The number of nitrogens with one attached hydrogen (secondary N) is 1. The SMILES string of the molecule is CCOc1ccccc1Oc1ccc(CNC(=O)c2ccc(COC)o2)cn1. The summed E-state index contributed by atoms with van der Waals surface area (Å²) in [5, 5.41) is 2.79. The standard InChI is InChI=1S/C21H22N2O5/c1-3-26-17-6-4-5-7-18(17)28-20-11-8-15(12-22-20)13-23-21(24)19-10-9-16(27-19)14-25-2/h4-12H,3,13-14H2,1-2H3,(H,23,24). The van der Waals surface area contributed by atoms with Gasteiger partial charge in [0.05, 0.1) is 6.61 Å². The fourth-order valence-electron chi connectivity index (χ4n) is 2.49. The van der Waals surface area contributed by atoms with Crippen LogP contribution in [-0.2, 0) is 17.9 Å². The van der Waals surface area contributed by atoms with Crippen molar-refractivity contribution in [3.8, 4) is 17.4 Å². The van der Waals surface area contributed by atoms with E-state index in [-0.39, 0.29) is 11.7 Å². The van der Waals surface area contributed by atoms with Gasteiger partial charge in [0.25, 0.3) is 5.91 Å². The number of benzene rings is 1. The van der Waals surface area contributed by atoms with Crippen molar-refractivity contribution in [1.82, 2.24) is 10.3 Å². The van der Waals surface area contributed by atoms with Gasteiger partial charge in [-0.2, -0.15) is 0 Å². The molecule has 0 aliphatic heterocycles. The summed E-state index contributed by atoms with van der Waals surface area (Å²) < 4.78 is 21.7. The molecule has 3 rings (SSSR count). The fraction of sp³-hybridized carbons (Fsp3) is 0.238. The number of ether oxygens (including phenoxy) is 3. The lowest BCUT2D eigenvalue weighted by Crippen LogP contribution is -2.22. The van der Waals surface area contributed by atoms with Crippen LogP contribution in [0.1, 0.15) is 28.8 Å². The van der Waals surface area contributed by atoms with Crippen molar-refractivity contribution in [2.24, 2.45) is 0 Å². The Labute approximate surface area is 163 Å². The van der Waals surface area contributed by atoms with Gasteiger partial charge < -0.3 is 23.9 Å². The van der Waals surface area contributed by atoms with E-state index in [9.17, 15) is 4.79 Å². The summed E-state index contributed by atoms with van der Waals surface area (Å²) in [5.74, 6) is 2.25. The van der Waals surface area contributed by atoms with Crippen LogP contribution in [-0.4, -0.2) is 24.6 Å². The molecule has 0 radical (unpaired) electrons. The maximum atomic E-state index is 12.1. The van der Waals surface area contributed by atoms with Crippen LogP contribution in [0.25, 0.3) is 0 Å². The normalized spacial score (nSPS) is 10.5. The molecular formula is C21H22N2O5. The van der Waals surface area contributed by atoms with E-state index in [2.05, 4.69) is 10.3 Å². The molecule has 0 aliphatic carbocycles. The minimum absolute atomic E-state index is 0.243. The number of aromatic nitrogens is 1. The molecule has 3 aromatic rings. The van der Waals surface area contributed by atoms with Gasteiger partial charge in [-0.1, -0.05) is 18.2 Å². The molecule has 1 amide bonds. The highest BCUT2D eigenvalue weighted by atomic mass is 16.5. The molecule has 0 bridgehead atoms. The summed E-state index contributed by atoms with van der Waals surface area (Å²) in [6, 6.07) is 14.3. The third kappa shape index (κ3) is 5.11. The highest BCUT2D eigenvalue weighted by Crippen LogP contribution is 2.30. The number of rotatable bonds is 9. The first-order chi connectivity index (χ1) is 13.7. The average Bonchev–Trinajstić information content (AvgIpc) is 3.18. The van der Waals surface area contributed by atoms with Crippen molar-refractivity contribution in [1.29, 1.82) is 0 Å². The van der Waals surface area contributed by atoms with Crippen LogP contribution in [0.3, 0.4) is 0 Å². The zero-order valence-corrected chi connectivity index (χ0v) is 15.8. The number of amides is 1. The van der Waals surface area contributed by atoms with Crippen molar-refractivity contribution >= 4 is 5.91 Å². The summed E-state index contributed by atoms with van der Waals surface area (Å²) in [5.41, 5.74) is 0.836. The van der Waals surface area contributed by atoms with Gasteiger partial charge in [0, 0.05) is 25.9 Å². The molecule has 0 spiro atoms. The van der Waals surface area contributed by atoms with Crippen LogP contribution in [0.15, 0.2) is 59.1 Å². The molecule has 0 atom stereocenters. The molecule has 0 aliphatic rings. The summed E-state index contributed by atoms with van der Waals surface area (Å²) >= 11 is 0. The second-order valence-electron chi connectivity index (χ2n) is 5.87. The minimum Gasteiger partial charge on any atom is -0.490 e. The number of para-hydroxylation sites is 2. The molecule has 2 aromatic heterocycles. The molecule has 0 fully saturated rings. The predicted octanol–water partition coefficient (Wildman–Crippen LogP) is 3.94. The maximum absolute atomic E-state index is 12.1. The molecule has 0 saturated carbocycles. The Bertz CT molecular complexity index is 905. The van der Waals surface area contributed by atoms with Crippen LogP contribution in [0.2, 0.25) is 0 Å². The molecule has 7 heteroatoms. The molecule has 0 unspecified atom stereocenters. The van der Waals surface area contributed by atoms with Gasteiger partial charge in [-0.3, -0.25) is 4.79 Å². The number of hydrogen-bond donors (Lipinski definition) is 1. The topological polar surface area (TPSA) is 82.8 Å². The number of methoxy groups -OCH3 is 1. The maximum Gasteiger partial charge on any atom is 0.287 e. The monoisotopic (exact) mass is 382 g/mol. The summed E-state index contributed by atoms with van der Waals surface area (Å²) in [7, 11) is 1.57. The molecule has 28 heavy (non-hydrogen) atoms. The van der Waals surface area contributed by atoms with Crippen molar-refractivity contribution < 1.29 is 23.4 Å². The summed E-state index contributed by atoms with van der Waals surface area (Å²) in [4.78, 5) is 16.4. The largest absolute Gasteiger partial charge is 0.490 e. The van der Waals surface area contributed by atoms with Crippen molar-refractivity contribution in [2.45, 2.75) is 20.1 Å². The third-order valence-corrected chi connectivity index (χ3v) is 3.79. The lowest BCUT2D eigenvalue weighted by molar-refractivity contribution is 0.0914. The molecule has 146 valence electrons. The quantitative estimate of drug-likeness (QED) is 0.604. The first-order valence-electron chi connectivity index (χ1n) is 8.90. The smallest absolute Gasteiger partial charge is 0.287 e. The van der Waals surface area contributed by atoms with Crippen LogP contribution >= 0.6 is 0 Å². The first kappa shape index (κ1) is 19.4. The number of hydrogen-bond acceptors (Lipinski definition) is 6. The van der Waals surface area contributed by atoms with E-state index in [1.165, 1.54) is 0 Å². The second-order valence-corrected chi connectivity index (χ2v) is 5.87. The van der Waals surface area contributed by atoms with Gasteiger partial charge in [-0.25, -0.2) is 4.98 Å². The first-order valence-corrected chi connectivity index (χ1v) is 8.90. The van der Waals surface area contributed by atoms with E-state index in [4.69, 9.17) is 18.6 Å². The van der Waals surface area contributed by atoms with Gasteiger partial charge in [0.2, 0.25) is 5.88 Å². The van der Waals surface area contributed by atoms with Gasteiger partial charge in [0.15, 0.2) is 17.3 Å². The summed E-state index contributed by atoms with van der Waals surface area (Å²) in [6.07, 6.45) is 1.65. The average molecular weight is 382 g/mol. The van der Waals surface area contributed by atoms with E-state index in [0.29, 0.717) is 42.9 Å². The van der Waals surface area contributed by atoms with E-state index in [0.717, 1.165) is 5.56 Å². The number of carbonyl (C=O) groups excluding carboxylic acids is 1. The molecule has 2 heterocycles. The lowest BCUT2D eigenvalue weighted by atomic mass is 10.3. The molecule has 7 nitrogen and oxygen atoms in total. The van der Waals surface area contributed by atoms with E-state index >= 15 is 0 Å². The molecule has 1 aromatic carbocycles. The zero-order chi connectivity index (χ0) is 19.8. The highest BCUT2D eigenvalue weighted by Gasteiger charge is 2.11. The Balaban J connectivity index is 1.56. The third-order valence-electron chi connectivity index (χ3n) is 3.79. The van der Waals surface area contributed by atoms with Crippen LogP contribution in [0, 0.1) is 0 Å². The Hall–Kier alpha value is -3.32. The second kappa shape index (κ2) is 9.57. The van der Waals surface area contributed by atoms with E-state index in [1.54, 1.807) is 31.5 Å². The Morgan fingerprint density at radius 1 is 1.11 bits per heavy atom. The number of carbonyl (C=O) groups is 1. The van der Waals surface area contributed by atoms with Crippen LogP contribution < -0.4 is 14.8 Å². The number of nitrogens with zero attached hydrogens (tertiary/aromatic N) is 1. The van der Waals surface area contributed by atoms with Crippen LogP contribution in [0.5, 0.6) is 17.4 Å². The summed E-state index contributed by atoms with van der Waals surface area (Å²) in [6.45, 7) is 3.11.